The maximum atomic E-state index is 11.5. The third kappa shape index (κ3) is 2.22. The van der Waals surface area contributed by atoms with Crippen molar-refractivity contribution in [2.24, 2.45) is 0 Å². The van der Waals surface area contributed by atoms with Crippen LogP contribution in [0, 0.1) is 7.05 Å². The smallest absolute Gasteiger partial charge is 0.296 e. The van der Waals surface area contributed by atoms with Gasteiger partial charge in [0.05, 0.1) is 6.42 Å². The van der Waals surface area contributed by atoms with Gasteiger partial charge in [0.2, 0.25) is 0 Å². The van der Waals surface area contributed by atoms with Gasteiger partial charge < -0.3 is 0 Å². The Hall–Kier alpha value is -0.250. The Morgan fingerprint density at radius 3 is 2.11 bits per heavy atom. The molecule has 2 atom stereocenters. The van der Waals surface area contributed by atoms with Crippen LogP contribution in [0.15, 0.2) is 0 Å². The van der Waals surface area contributed by atoms with E-state index in [0.717, 1.165) is 0 Å². The van der Waals surface area contributed by atoms with Crippen molar-refractivity contribution in [3.63, 3.8) is 0 Å². The molecule has 1 saturated heterocycles. The Kier molecular flexibility index (Phi) is 1.42. The van der Waals surface area contributed by atoms with Crippen LogP contribution in [0.2, 0.25) is 0 Å². The van der Waals surface area contributed by atoms with Gasteiger partial charge in [0, 0.05) is 19.6 Å². The Balaban J connectivity index is 2.19. The van der Waals surface area contributed by atoms with Gasteiger partial charge in [-0.3, -0.25) is 4.90 Å². The quantitative estimate of drug-likeness (QED) is 0.495. The highest BCUT2D eigenvalue weighted by Crippen LogP contribution is 2.30. The van der Waals surface area contributed by atoms with Crippen LogP contribution in [0.1, 0.15) is 6.42 Å². The molecule has 1 aliphatic heterocycles. The maximum Gasteiger partial charge on any atom is 0.390 e. The summed E-state index contributed by atoms with van der Waals surface area (Å²) >= 11 is 0. The molecule has 0 N–H and O–H groups in total. The first-order valence-electron chi connectivity index (χ1n) is 2.63. The Bertz CT molecular complexity index is 109. The predicted octanol–water partition coefficient (Wildman–Crippen LogP) is 1.41. The maximum absolute atomic E-state index is 11.5. The summed E-state index contributed by atoms with van der Waals surface area (Å²) in [4.78, 5) is 1.42. The van der Waals surface area contributed by atoms with Gasteiger partial charge in [0.1, 0.15) is 0 Å². The molecule has 0 aliphatic carbocycles. The zero-order valence-electron chi connectivity index (χ0n) is 4.78. The van der Waals surface area contributed by atoms with Crippen molar-refractivity contribution in [2.75, 3.05) is 6.54 Å². The minimum Gasteiger partial charge on any atom is -0.296 e. The summed E-state index contributed by atoms with van der Waals surface area (Å²) < 4.78 is 34.4. The minimum absolute atomic E-state index is 0.343. The van der Waals surface area contributed by atoms with E-state index in [0.29, 0.717) is 6.54 Å². The number of rotatable bonds is 1. The van der Waals surface area contributed by atoms with E-state index in [-0.39, 0.29) is 6.04 Å². The first kappa shape index (κ1) is 6.86. The first-order valence-corrected chi connectivity index (χ1v) is 2.63. The van der Waals surface area contributed by atoms with Gasteiger partial charge in [-0.15, -0.1) is 0 Å². The largest absolute Gasteiger partial charge is 0.390 e. The molecule has 1 heterocycles. The fourth-order valence-electron chi connectivity index (χ4n) is 0.684. The summed E-state index contributed by atoms with van der Waals surface area (Å²) in [7, 11) is 3.35. The van der Waals surface area contributed by atoms with E-state index in [1.165, 1.54) is 4.90 Å². The number of alkyl halides is 3. The van der Waals surface area contributed by atoms with Crippen LogP contribution in [0.4, 0.5) is 13.2 Å². The van der Waals surface area contributed by atoms with Crippen molar-refractivity contribution in [3.8, 4) is 0 Å². The average molecular weight is 138 g/mol. The molecule has 0 amide bonds. The molecule has 4 heteroatoms. The average Bonchev–Trinajstić information content (AvgIpc) is 2.13. The van der Waals surface area contributed by atoms with E-state index >= 15 is 0 Å². The van der Waals surface area contributed by atoms with E-state index < -0.39 is 12.6 Å². The third-order valence-electron chi connectivity index (χ3n) is 1.30. The second-order valence-electron chi connectivity index (χ2n) is 2.24. The third-order valence-corrected chi connectivity index (χ3v) is 1.30. The van der Waals surface area contributed by atoms with Crippen molar-refractivity contribution >= 4 is 0 Å². The molecule has 9 heavy (non-hydrogen) atoms. The Labute approximate surface area is 51.4 Å². The number of nitrogens with zero attached hydrogens (tertiary/aromatic N) is 1. The first-order chi connectivity index (χ1) is 3.99. The number of hydrogen-bond donors (Lipinski definition) is 0. The second kappa shape index (κ2) is 1.87. The van der Waals surface area contributed by atoms with E-state index in [1.54, 1.807) is 0 Å². The zero-order valence-corrected chi connectivity index (χ0v) is 4.78. The molecule has 0 aromatic carbocycles. The summed E-state index contributed by atoms with van der Waals surface area (Å²) in [6.45, 7) is 0.486. The van der Waals surface area contributed by atoms with Gasteiger partial charge in [-0.2, -0.15) is 13.2 Å². The van der Waals surface area contributed by atoms with Crippen molar-refractivity contribution in [1.82, 2.24) is 4.90 Å². The number of hydrogen-bond acceptors (Lipinski definition) is 1. The fourth-order valence-corrected chi connectivity index (χ4v) is 0.684. The molecule has 1 aliphatic rings. The Morgan fingerprint density at radius 1 is 1.56 bits per heavy atom. The lowest BCUT2D eigenvalue weighted by atomic mass is 10.3. The molecular formula is C5H7F3N. The van der Waals surface area contributed by atoms with Crippen LogP contribution in [0.3, 0.4) is 0 Å². The van der Waals surface area contributed by atoms with Crippen LogP contribution in [-0.2, 0) is 0 Å². The predicted molar refractivity (Wildman–Crippen MR) is 26.5 cm³/mol. The summed E-state index contributed by atoms with van der Waals surface area (Å²) in [5.41, 5.74) is 0. The van der Waals surface area contributed by atoms with Crippen molar-refractivity contribution in [1.29, 1.82) is 0 Å². The van der Waals surface area contributed by atoms with Gasteiger partial charge >= 0.3 is 6.18 Å². The summed E-state index contributed by atoms with van der Waals surface area (Å²) in [6.07, 6.45) is -4.73. The van der Waals surface area contributed by atoms with Crippen LogP contribution in [0.25, 0.3) is 0 Å². The molecule has 1 radical (unpaired) electrons. The normalized spacial score (nSPS) is 34.7. The van der Waals surface area contributed by atoms with Crippen LogP contribution >= 0.6 is 0 Å². The van der Waals surface area contributed by atoms with Gasteiger partial charge in [0.25, 0.3) is 0 Å². The SMILES string of the molecule is [CH2]N1CC1CC(F)(F)F. The van der Waals surface area contributed by atoms with Gasteiger partial charge in [-0.25, -0.2) is 0 Å². The summed E-state index contributed by atoms with van der Waals surface area (Å²) in [5.74, 6) is 0. The van der Waals surface area contributed by atoms with Crippen LogP contribution < -0.4 is 0 Å². The zero-order chi connectivity index (χ0) is 7.07. The van der Waals surface area contributed by atoms with Crippen LogP contribution in [-0.4, -0.2) is 23.7 Å². The highest BCUT2D eigenvalue weighted by Gasteiger charge is 2.40. The molecule has 0 aromatic heterocycles. The number of halogens is 3. The molecule has 53 valence electrons. The lowest BCUT2D eigenvalue weighted by Gasteiger charge is -2.02. The van der Waals surface area contributed by atoms with E-state index in [4.69, 9.17) is 0 Å². The second-order valence-corrected chi connectivity index (χ2v) is 2.24. The molecule has 1 rings (SSSR count). The fraction of sp³-hybridized carbons (Fsp3) is 0.800. The molecule has 0 saturated carbocycles. The highest BCUT2D eigenvalue weighted by molar-refractivity contribution is 4.89. The summed E-state index contributed by atoms with van der Waals surface area (Å²) in [6, 6.07) is -0.343. The molecule has 0 bridgehead atoms. The van der Waals surface area contributed by atoms with Crippen LogP contribution in [0.5, 0.6) is 0 Å². The lowest BCUT2D eigenvalue weighted by molar-refractivity contribution is -0.135. The summed E-state index contributed by atoms with van der Waals surface area (Å²) in [5, 5.41) is 0. The van der Waals surface area contributed by atoms with Crippen molar-refractivity contribution in [2.45, 2.75) is 18.6 Å². The monoisotopic (exact) mass is 138 g/mol. The van der Waals surface area contributed by atoms with Gasteiger partial charge in [-0.1, -0.05) is 0 Å². The molecule has 1 nitrogen and oxygen atoms in total. The molecule has 1 fully saturated rings. The molecule has 0 spiro atoms. The van der Waals surface area contributed by atoms with E-state index in [1.807, 2.05) is 0 Å². The van der Waals surface area contributed by atoms with E-state index in [9.17, 15) is 13.2 Å². The lowest BCUT2D eigenvalue weighted by Crippen LogP contribution is -2.12. The molecule has 2 unspecified atom stereocenters. The van der Waals surface area contributed by atoms with Crippen molar-refractivity contribution in [3.05, 3.63) is 7.05 Å². The molecule has 0 aromatic rings. The Morgan fingerprint density at radius 2 is 2.00 bits per heavy atom. The van der Waals surface area contributed by atoms with Gasteiger partial charge in [-0.05, 0) is 0 Å². The molecular weight excluding hydrogens is 131 g/mol. The van der Waals surface area contributed by atoms with Crippen molar-refractivity contribution < 1.29 is 13.2 Å². The van der Waals surface area contributed by atoms with Gasteiger partial charge in [0.15, 0.2) is 0 Å². The van der Waals surface area contributed by atoms with E-state index in [2.05, 4.69) is 7.05 Å². The highest BCUT2D eigenvalue weighted by atomic mass is 19.4. The topological polar surface area (TPSA) is 3.01 Å². The minimum atomic E-state index is -4.02. The standard InChI is InChI=1S/C5H7F3N/c1-9-3-4(9)2-5(6,7)8/h4H,1-3H2.